The van der Waals surface area contributed by atoms with E-state index >= 15 is 0 Å². The number of hydrogen-bond donors (Lipinski definition) is 1. The predicted molar refractivity (Wildman–Crippen MR) is 74.3 cm³/mol. The number of aliphatic carboxylic acids is 1. The Morgan fingerprint density at radius 3 is 2.62 bits per heavy atom. The molecule has 1 aromatic rings. The number of benzene rings is 1. The van der Waals surface area contributed by atoms with Crippen LogP contribution in [-0.2, 0) is 15.0 Å². The summed E-state index contributed by atoms with van der Waals surface area (Å²) in [5, 5.41) is 9.05. The van der Waals surface area contributed by atoms with Gasteiger partial charge in [0.15, 0.2) is 0 Å². The average molecular weight is 291 g/mol. The third-order valence-corrected chi connectivity index (χ3v) is 4.82. The largest absolute Gasteiger partial charge is 0.481 e. The van der Waals surface area contributed by atoms with E-state index in [9.17, 15) is 14.0 Å². The van der Waals surface area contributed by atoms with Gasteiger partial charge in [-0.3, -0.25) is 9.59 Å². The number of carboxylic acids is 1. The third-order valence-electron chi connectivity index (χ3n) is 4.82. The summed E-state index contributed by atoms with van der Waals surface area (Å²) in [5.74, 6) is -1.70. The normalized spacial score (nSPS) is 23.7. The Balaban J connectivity index is 1.83. The number of carbonyl (C=O) groups is 2. The van der Waals surface area contributed by atoms with Crippen LogP contribution < -0.4 is 0 Å². The van der Waals surface area contributed by atoms with E-state index < -0.39 is 17.3 Å². The molecule has 21 heavy (non-hydrogen) atoms. The summed E-state index contributed by atoms with van der Waals surface area (Å²) in [4.78, 5) is 25.5. The van der Waals surface area contributed by atoms with Gasteiger partial charge in [-0.25, -0.2) is 4.39 Å². The number of carboxylic acid groups (broad SMARTS) is 1. The quantitative estimate of drug-likeness (QED) is 0.928. The summed E-state index contributed by atoms with van der Waals surface area (Å²) in [5.41, 5.74) is 0.0766. The number of hydrogen-bond acceptors (Lipinski definition) is 2. The van der Waals surface area contributed by atoms with E-state index in [4.69, 9.17) is 5.11 Å². The Hall–Kier alpha value is -1.91. The fourth-order valence-corrected chi connectivity index (χ4v) is 3.39. The lowest BCUT2D eigenvalue weighted by atomic mass is 9.63. The number of rotatable bonds is 3. The van der Waals surface area contributed by atoms with Crippen molar-refractivity contribution < 1.29 is 19.1 Å². The van der Waals surface area contributed by atoms with E-state index in [0.29, 0.717) is 25.8 Å². The first kappa shape index (κ1) is 14.0. The molecule has 2 aliphatic rings. The highest BCUT2D eigenvalue weighted by Gasteiger charge is 2.49. The summed E-state index contributed by atoms with van der Waals surface area (Å²) < 4.78 is 13.5. The number of carbonyl (C=O) groups excluding carboxylic acids is 1. The molecule has 1 N–H and O–H groups in total. The average Bonchev–Trinajstić information content (AvgIpc) is 2.87. The molecule has 4 nitrogen and oxygen atoms in total. The molecule has 0 spiro atoms. The molecule has 1 heterocycles. The number of halogens is 1. The molecule has 112 valence electrons. The molecular formula is C16H18FNO3. The smallest absolute Gasteiger partial charge is 0.308 e. The molecule has 0 bridgehead atoms. The van der Waals surface area contributed by atoms with E-state index in [-0.39, 0.29) is 18.3 Å². The number of likely N-dealkylation sites (tertiary alicyclic amines) is 1. The van der Waals surface area contributed by atoms with Gasteiger partial charge in [0, 0.05) is 13.1 Å². The molecule has 1 aliphatic carbocycles. The summed E-state index contributed by atoms with van der Waals surface area (Å²) in [6.07, 6.45) is 2.87. The zero-order valence-corrected chi connectivity index (χ0v) is 11.7. The van der Waals surface area contributed by atoms with Gasteiger partial charge in [0.2, 0.25) is 5.91 Å². The second kappa shape index (κ2) is 5.13. The van der Waals surface area contributed by atoms with Crippen molar-refractivity contribution in [2.24, 2.45) is 5.92 Å². The molecule has 1 aromatic carbocycles. The van der Waals surface area contributed by atoms with Gasteiger partial charge in [-0.2, -0.15) is 0 Å². The van der Waals surface area contributed by atoms with Crippen LogP contribution in [0.5, 0.6) is 0 Å². The minimum Gasteiger partial charge on any atom is -0.481 e. The summed E-state index contributed by atoms with van der Waals surface area (Å²) in [6, 6.07) is 6.23. The van der Waals surface area contributed by atoms with Crippen LogP contribution in [0, 0.1) is 11.7 Å². The van der Waals surface area contributed by atoms with Crippen molar-refractivity contribution in [1.82, 2.24) is 4.90 Å². The van der Waals surface area contributed by atoms with Crippen LogP contribution >= 0.6 is 0 Å². The van der Waals surface area contributed by atoms with Crippen LogP contribution in [0.1, 0.15) is 31.2 Å². The summed E-state index contributed by atoms with van der Waals surface area (Å²) in [6.45, 7) is 0.748. The first-order valence-electron chi connectivity index (χ1n) is 7.31. The standard InChI is InChI=1S/C16H18FNO3/c17-13-4-1-3-12(9-13)16(6-2-7-16)15(21)18-8-5-11(10-18)14(19)20/h1,3-4,9,11H,2,5-8,10H2,(H,19,20)/t11-/m1/s1. The van der Waals surface area contributed by atoms with Crippen molar-refractivity contribution >= 4 is 11.9 Å². The van der Waals surface area contributed by atoms with E-state index in [1.165, 1.54) is 12.1 Å². The van der Waals surface area contributed by atoms with Crippen LogP contribution in [0.15, 0.2) is 24.3 Å². The van der Waals surface area contributed by atoms with Crippen LogP contribution in [0.3, 0.4) is 0 Å². The monoisotopic (exact) mass is 291 g/mol. The Labute approximate surface area is 122 Å². The van der Waals surface area contributed by atoms with Gasteiger partial charge < -0.3 is 10.0 Å². The van der Waals surface area contributed by atoms with Crippen LogP contribution in [0.2, 0.25) is 0 Å². The molecule has 1 aliphatic heterocycles. The summed E-state index contributed by atoms with van der Waals surface area (Å²) in [7, 11) is 0. The van der Waals surface area contributed by atoms with Crippen LogP contribution in [0.4, 0.5) is 4.39 Å². The predicted octanol–water partition coefficient (Wildman–Crippen LogP) is 2.18. The lowest BCUT2D eigenvalue weighted by Gasteiger charge is -2.43. The van der Waals surface area contributed by atoms with Gasteiger partial charge in [0.25, 0.3) is 0 Å². The number of nitrogens with zero attached hydrogens (tertiary/aromatic N) is 1. The number of amides is 1. The van der Waals surface area contributed by atoms with Gasteiger partial charge in [0.05, 0.1) is 11.3 Å². The molecule has 2 fully saturated rings. The maximum atomic E-state index is 13.5. The molecule has 1 saturated heterocycles. The van der Waals surface area contributed by atoms with E-state index in [1.807, 2.05) is 0 Å². The molecule has 1 saturated carbocycles. The lowest BCUT2D eigenvalue weighted by Crippen LogP contribution is -2.50. The molecule has 3 rings (SSSR count). The zero-order valence-electron chi connectivity index (χ0n) is 11.7. The van der Waals surface area contributed by atoms with Crippen LogP contribution in [-0.4, -0.2) is 35.0 Å². The van der Waals surface area contributed by atoms with Crippen molar-refractivity contribution in [3.63, 3.8) is 0 Å². The Morgan fingerprint density at radius 1 is 1.33 bits per heavy atom. The molecule has 0 radical (unpaired) electrons. The van der Waals surface area contributed by atoms with Crippen molar-refractivity contribution in [3.05, 3.63) is 35.6 Å². The Kier molecular flexibility index (Phi) is 3.43. The van der Waals surface area contributed by atoms with Crippen molar-refractivity contribution in [1.29, 1.82) is 0 Å². The first-order chi connectivity index (χ1) is 10.0. The second-order valence-electron chi connectivity index (χ2n) is 6.02. The molecule has 0 unspecified atom stereocenters. The fraction of sp³-hybridized carbons (Fsp3) is 0.500. The fourth-order valence-electron chi connectivity index (χ4n) is 3.39. The van der Waals surface area contributed by atoms with Gasteiger partial charge >= 0.3 is 5.97 Å². The maximum Gasteiger partial charge on any atom is 0.308 e. The lowest BCUT2D eigenvalue weighted by molar-refractivity contribution is -0.142. The van der Waals surface area contributed by atoms with E-state index in [0.717, 1.165) is 12.0 Å². The highest BCUT2D eigenvalue weighted by molar-refractivity contribution is 5.90. The molecule has 1 amide bonds. The van der Waals surface area contributed by atoms with Crippen molar-refractivity contribution in [2.45, 2.75) is 31.1 Å². The highest BCUT2D eigenvalue weighted by atomic mass is 19.1. The topological polar surface area (TPSA) is 57.6 Å². The molecule has 5 heteroatoms. The van der Waals surface area contributed by atoms with Crippen molar-refractivity contribution in [3.8, 4) is 0 Å². The minimum atomic E-state index is -0.848. The second-order valence-corrected chi connectivity index (χ2v) is 6.02. The maximum absolute atomic E-state index is 13.5. The minimum absolute atomic E-state index is 0.0388. The van der Waals surface area contributed by atoms with Gasteiger partial charge in [0.1, 0.15) is 5.82 Å². The van der Waals surface area contributed by atoms with Crippen molar-refractivity contribution in [2.75, 3.05) is 13.1 Å². The van der Waals surface area contributed by atoms with E-state index in [1.54, 1.807) is 17.0 Å². The molecular weight excluding hydrogens is 273 g/mol. The Morgan fingerprint density at radius 2 is 2.10 bits per heavy atom. The van der Waals surface area contributed by atoms with Gasteiger partial charge in [-0.15, -0.1) is 0 Å². The molecule has 1 atom stereocenters. The SMILES string of the molecule is O=C(O)[C@@H]1CCN(C(=O)C2(c3cccc(F)c3)CCC2)C1. The van der Waals surface area contributed by atoms with Crippen LogP contribution in [0.25, 0.3) is 0 Å². The van der Waals surface area contributed by atoms with Gasteiger partial charge in [-0.1, -0.05) is 18.6 Å². The van der Waals surface area contributed by atoms with Gasteiger partial charge in [-0.05, 0) is 37.0 Å². The zero-order chi connectivity index (χ0) is 15.0. The third kappa shape index (κ3) is 2.30. The summed E-state index contributed by atoms with van der Waals surface area (Å²) >= 11 is 0. The van der Waals surface area contributed by atoms with E-state index in [2.05, 4.69) is 0 Å². The highest BCUT2D eigenvalue weighted by Crippen LogP contribution is 2.46. The Bertz CT molecular complexity index is 583. The molecule has 0 aromatic heterocycles. The first-order valence-corrected chi connectivity index (χ1v) is 7.31.